The summed E-state index contributed by atoms with van der Waals surface area (Å²) in [5.41, 5.74) is 1.31. The van der Waals surface area contributed by atoms with Crippen LogP contribution in [0.25, 0.3) is 28.4 Å². The maximum Gasteiger partial charge on any atom is 0.358 e. The molecule has 12 heteroatoms. The largest absolute Gasteiger partial charge is 0.486 e. The first-order valence-electron chi connectivity index (χ1n) is 10.7. The summed E-state index contributed by atoms with van der Waals surface area (Å²) in [5.74, 6) is -0.361. The lowest BCUT2D eigenvalue weighted by atomic mass is 9.92. The third-order valence-corrected chi connectivity index (χ3v) is 5.92. The molecule has 0 unspecified atom stereocenters. The second kappa shape index (κ2) is 7.80. The molecule has 0 saturated heterocycles. The lowest BCUT2D eigenvalue weighted by Crippen LogP contribution is -2.27. The van der Waals surface area contributed by atoms with Crippen molar-refractivity contribution in [1.29, 1.82) is 0 Å². The second-order valence-corrected chi connectivity index (χ2v) is 7.92. The first-order chi connectivity index (χ1) is 15.9. The van der Waals surface area contributed by atoms with Gasteiger partial charge in [0.1, 0.15) is 0 Å². The predicted molar refractivity (Wildman–Crippen MR) is 117 cm³/mol. The van der Waals surface area contributed by atoms with Crippen molar-refractivity contribution in [2.75, 3.05) is 6.61 Å². The first kappa shape index (κ1) is 20.8. The van der Waals surface area contributed by atoms with Crippen molar-refractivity contribution in [3.8, 4) is 23.1 Å². The molecule has 1 aromatic carbocycles. The zero-order valence-electron chi connectivity index (χ0n) is 18.4. The van der Waals surface area contributed by atoms with Crippen LogP contribution >= 0.6 is 0 Å². The molecule has 0 radical (unpaired) electrons. The molecule has 0 spiro atoms. The lowest BCUT2D eigenvalue weighted by molar-refractivity contribution is 0.0685. The van der Waals surface area contributed by atoms with Gasteiger partial charge in [-0.05, 0) is 61.7 Å². The number of aryl methyl sites for hydroxylation is 1. The Morgan fingerprint density at radius 1 is 1.24 bits per heavy atom. The van der Waals surface area contributed by atoms with Gasteiger partial charge < -0.3 is 14.4 Å². The molecule has 33 heavy (non-hydrogen) atoms. The van der Waals surface area contributed by atoms with E-state index in [-0.39, 0.29) is 24.2 Å². The van der Waals surface area contributed by atoms with Crippen LogP contribution in [0, 0.1) is 6.92 Å². The fourth-order valence-corrected chi connectivity index (χ4v) is 4.06. The molecule has 12 nitrogen and oxygen atoms in total. The number of hydrogen-bond donors (Lipinski definition) is 1. The van der Waals surface area contributed by atoms with Crippen LogP contribution in [-0.2, 0) is 7.05 Å². The highest BCUT2D eigenvalue weighted by atomic mass is 16.5. The molecule has 1 N–H and O–H groups in total. The second-order valence-electron chi connectivity index (χ2n) is 7.92. The Bertz CT molecular complexity index is 1450. The van der Waals surface area contributed by atoms with Gasteiger partial charge in [-0.1, -0.05) is 0 Å². The minimum Gasteiger partial charge on any atom is -0.486 e. The highest BCUT2D eigenvalue weighted by Crippen LogP contribution is 2.38. The quantitative estimate of drug-likeness (QED) is 0.466. The van der Waals surface area contributed by atoms with Crippen LogP contribution < -0.4 is 10.3 Å². The summed E-state index contributed by atoms with van der Waals surface area (Å²) in [7, 11) is 1.54. The molecule has 170 valence electrons. The first-order valence-corrected chi connectivity index (χ1v) is 10.7. The zero-order valence-corrected chi connectivity index (χ0v) is 18.4. The van der Waals surface area contributed by atoms with E-state index in [9.17, 15) is 14.7 Å². The van der Waals surface area contributed by atoms with Gasteiger partial charge >= 0.3 is 5.97 Å². The Morgan fingerprint density at radius 2 is 2.03 bits per heavy atom. The standard InChI is InChI=1S/C21H22N8O4/c1-4-33-17-16(21(31)32)23-18(27(3)20(17)30)19-22-14-9-8-13(29-11(2)24-25-26-29)10-15(14)28(19)12-6-5-7-12/h8-10,12H,4-7H2,1-3H3,(H,31,32). The van der Waals surface area contributed by atoms with E-state index < -0.39 is 17.2 Å². The Morgan fingerprint density at radius 3 is 2.64 bits per heavy atom. The van der Waals surface area contributed by atoms with Crippen LogP contribution in [0.1, 0.15) is 48.5 Å². The van der Waals surface area contributed by atoms with Crippen molar-refractivity contribution in [3.63, 3.8) is 0 Å². The van der Waals surface area contributed by atoms with Crippen LogP contribution in [-0.4, -0.2) is 57.0 Å². The van der Waals surface area contributed by atoms with E-state index in [1.165, 1.54) is 4.57 Å². The number of benzene rings is 1. The molecule has 3 aromatic heterocycles. The Hall–Kier alpha value is -4.09. The summed E-state index contributed by atoms with van der Waals surface area (Å²) in [6.07, 6.45) is 2.97. The third-order valence-electron chi connectivity index (χ3n) is 5.92. The van der Waals surface area contributed by atoms with E-state index in [1.807, 2.05) is 29.7 Å². The molecule has 0 amide bonds. The van der Waals surface area contributed by atoms with Crippen LogP contribution in [0.5, 0.6) is 5.75 Å². The van der Waals surface area contributed by atoms with E-state index in [2.05, 4.69) is 20.5 Å². The van der Waals surface area contributed by atoms with E-state index in [0.29, 0.717) is 17.2 Å². The average Bonchev–Trinajstić information content (AvgIpc) is 3.34. The van der Waals surface area contributed by atoms with Crippen molar-refractivity contribution < 1.29 is 14.6 Å². The highest BCUT2D eigenvalue weighted by molar-refractivity contribution is 5.89. The maximum absolute atomic E-state index is 13.0. The fourth-order valence-electron chi connectivity index (χ4n) is 4.06. The van der Waals surface area contributed by atoms with Crippen molar-refractivity contribution >= 4 is 17.0 Å². The molecule has 0 aliphatic heterocycles. The van der Waals surface area contributed by atoms with Crippen molar-refractivity contribution in [2.45, 2.75) is 39.2 Å². The molecule has 1 aliphatic carbocycles. The van der Waals surface area contributed by atoms with Gasteiger partial charge in [0.25, 0.3) is 5.56 Å². The van der Waals surface area contributed by atoms with Gasteiger partial charge in [-0.2, -0.15) is 4.68 Å². The van der Waals surface area contributed by atoms with Crippen molar-refractivity contribution in [2.24, 2.45) is 7.05 Å². The van der Waals surface area contributed by atoms with E-state index in [4.69, 9.17) is 9.72 Å². The van der Waals surface area contributed by atoms with Gasteiger partial charge in [0, 0.05) is 13.1 Å². The molecule has 1 aliphatic rings. The number of ether oxygens (including phenoxy) is 1. The summed E-state index contributed by atoms with van der Waals surface area (Å²) in [6.45, 7) is 3.64. The van der Waals surface area contributed by atoms with Gasteiger partial charge in [0.2, 0.25) is 5.75 Å². The van der Waals surface area contributed by atoms with Crippen LogP contribution in [0.3, 0.4) is 0 Å². The number of nitrogens with zero attached hydrogens (tertiary/aromatic N) is 8. The molecule has 1 fully saturated rings. The smallest absolute Gasteiger partial charge is 0.358 e. The van der Waals surface area contributed by atoms with Crippen molar-refractivity contribution in [1.82, 2.24) is 39.3 Å². The Labute approximate surface area is 187 Å². The number of rotatable bonds is 6. The monoisotopic (exact) mass is 450 g/mol. The summed E-state index contributed by atoms with van der Waals surface area (Å²) in [6, 6.07) is 5.82. The number of hydrogen-bond acceptors (Lipinski definition) is 8. The fraction of sp³-hybridized carbons (Fsp3) is 0.381. The van der Waals surface area contributed by atoms with Crippen LogP contribution in [0.4, 0.5) is 0 Å². The third kappa shape index (κ3) is 3.25. The number of aromatic nitrogens is 8. The van der Waals surface area contributed by atoms with Gasteiger partial charge in [0.15, 0.2) is 23.2 Å². The highest BCUT2D eigenvalue weighted by Gasteiger charge is 2.29. The van der Waals surface area contributed by atoms with Gasteiger partial charge in [-0.25, -0.2) is 14.8 Å². The molecule has 4 aromatic rings. The normalized spacial score (nSPS) is 13.9. The molecular weight excluding hydrogens is 428 g/mol. The maximum atomic E-state index is 13.0. The summed E-state index contributed by atoms with van der Waals surface area (Å²) in [4.78, 5) is 33.9. The Balaban J connectivity index is 1.77. The minimum absolute atomic E-state index is 0.149. The molecule has 0 atom stereocenters. The zero-order chi connectivity index (χ0) is 23.3. The van der Waals surface area contributed by atoms with Crippen molar-refractivity contribution in [3.05, 3.63) is 40.1 Å². The minimum atomic E-state index is -1.33. The van der Waals surface area contributed by atoms with E-state index in [1.54, 1.807) is 18.7 Å². The van der Waals surface area contributed by atoms with E-state index in [0.717, 1.165) is 30.5 Å². The molecule has 0 bridgehead atoms. The van der Waals surface area contributed by atoms with Gasteiger partial charge in [-0.15, -0.1) is 5.10 Å². The summed E-state index contributed by atoms with van der Waals surface area (Å²) >= 11 is 0. The van der Waals surface area contributed by atoms with Gasteiger partial charge in [0.05, 0.1) is 23.3 Å². The van der Waals surface area contributed by atoms with Crippen LogP contribution in [0.15, 0.2) is 23.0 Å². The number of carboxylic acids is 1. The number of imidazole rings is 1. The Kier molecular flexibility index (Phi) is 4.91. The summed E-state index contributed by atoms with van der Waals surface area (Å²) in [5, 5.41) is 21.4. The number of aromatic carboxylic acids is 1. The number of fused-ring (bicyclic) bond motifs is 1. The average molecular weight is 450 g/mol. The molecular formula is C21H22N8O4. The van der Waals surface area contributed by atoms with Crippen LogP contribution in [0.2, 0.25) is 0 Å². The van der Waals surface area contributed by atoms with Gasteiger partial charge in [-0.3, -0.25) is 9.36 Å². The predicted octanol–water partition coefficient (Wildman–Crippen LogP) is 1.90. The molecule has 1 saturated carbocycles. The number of carboxylic acid groups (broad SMARTS) is 1. The van der Waals surface area contributed by atoms with E-state index >= 15 is 0 Å². The lowest BCUT2D eigenvalue weighted by Gasteiger charge is -2.29. The topological polar surface area (TPSA) is 143 Å². The molecule has 5 rings (SSSR count). The molecule has 3 heterocycles. The number of carbonyl (C=O) groups is 1. The SMILES string of the molecule is CCOc1c(C(=O)O)nc(-c2nc3ccc(-n4nnnc4C)cc3n2C2CCC2)n(C)c1=O. The number of tetrazole rings is 1. The summed E-state index contributed by atoms with van der Waals surface area (Å²) < 4.78 is 10.3.